The van der Waals surface area contributed by atoms with Crippen LogP contribution < -0.4 is 5.32 Å². The van der Waals surface area contributed by atoms with Crippen molar-refractivity contribution in [1.29, 1.82) is 0 Å². The van der Waals surface area contributed by atoms with Crippen molar-refractivity contribution >= 4 is 5.97 Å². The van der Waals surface area contributed by atoms with Gasteiger partial charge in [0.15, 0.2) is 0 Å². The zero-order valence-corrected chi connectivity index (χ0v) is 9.16. The van der Waals surface area contributed by atoms with Crippen LogP contribution in [0.2, 0.25) is 0 Å². The molecule has 0 saturated carbocycles. The van der Waals surface area contributed by atoms with Crippen molar-refractivity contribution in [3.63, 3.8) is 0 Å². The minimum absolute atomic E-state index is 0.253. The number of carbonyl (C=O) groups is 1. The van der Waals surface area contributed by atoms with Gasteiger partial charge in [0.05, 0.1) is 6.10 Å². The third kappa shape index (κ3) is 4.58. The molecule has 0 aliphatic heterocycles. The van der Waals surface area contributed by atoms with E-state index in [-0.39, 0.29) is 5.92 Å². The molecule has 0 aromatic carbocycles. The third-order valence-electron chi connectivity index (χ3n) is 2.60. The lowest BCUT2D eigenvalue weighted by Crippen LogP contribution is -2.41. The van der Waals surface area contributed by atoms with Gasteiger partial charge in [-0.15, -0.1) is 0 Å². The summed E-state index contributed by atoms with van der Waals surface area (Å²) in [5.41, 5.74) is 0. The van der Waals surface area contributed by atoms with Gasteiger partial charge in [0.25, 0.3) is 0 Å². The summed E-state index contributed by atoms with van der Waals surface area (Å²) in [4.78, 5) is 10.5. The van der Waals surface area contributed by atoms with Gasteiger partial charge in [0.2, 0.25) is 0 Å². The van der Waals surface area contributed by atoms with Crippen LogP contribution >= 0.6 is 0 Å². The summed E-state index contributed by atoms with van der Waals surface area (Å²) in [6.07, 6.45) is 1.38. The van der Waals surface area contributed by atoms with Crippen LogP contribution in [-0.2, 0) is 4.79 Å². The molecule has 2 unspecified atom stereocenters. The van der Waals surface area contributed by atoms with E-state index in [1.165, 1.54) is 0 Å². The highest BCUT2D eigenvalue weighted by molar-refractivity contribution is 5.72. The molecule has 2 atom stereocenters. The van der Waals surface area contributed by atoms with Crippen LogP contribution in [0.4, 0.5) is 0 Å². The first kappa shape index (κ1) is 13.4. The molecule has 0 heterocycles. The summed E-state index contributed by atoms with van der Waals surface area (Å²) >= 11 is 0. The molecular formula is C10H21NO3. The Labute approximate surface area is 85.3 Å². The highest BCUT2D eigenvalue weighted by Gasteiger charge is 2.17. The van der Waals surface area contributed by atoms with Crippen LogP contribution in [0.25, 0.3) is 0 Å². The predicted octanol–water partition coefficient (Wildman–Crippen LogP) is 0.846. The maximum Gasteiger partial charge on any atom is 0.320 e. The van der Waals surface area contributed by atoms with Gasteiger partial charge >= 0.3 is 5.97 Å². The van der Waals surface area contributed by atoms with E-state index >= 15 is 0 Å². The quantitative estimate of drug-likeness (QED) is 0.573. The van der Waals surface area contributed by atoms with Gasteiger partial charge in [0, 0.05) is 6.54 Å². The number of aliphatic hydroxyl groups is 1. The van der Waals surface area contributed by atoms with Crippen LogP contribution in [0.3, 0.4) is 0 Å². The van der Waals surface area contributed by atoms with E-state index in [2.05, 4.69) is 5.32 Å². The zero-order chi connectivity index (χ0) is 11.1. The molecule has 0 aromatic heterocycles. The molecule has 0 bridgehead atoms. The number of carboxylic acid groups (broad SMARTS) is 1. The van der Waals surface area contributed by atoms with Gasteiger partial charge in [0.1, 0.15) is 6.04 Å². The predicted molar refractivity (Wildman–Crippen MR) is 55.2 cm³/mol. The van der Waals surface area contributed by atoms with Crippen LogP contribution in [0, 0.1) is 5.92 Å². The van der Waals surface area contributed by atoms with E-state index in [4.69, 9.17) is 5.11 Å². The SMILES string of the molecule is CCC(CC)C(O)CNC(C)C(=O)O. The second-order valence-corrected chi connectivity index (χ2v) is 3.61. The second-order valence-electron chi connectivity index (χ2n) is 3.61. The van der Waals surface area contributed by atoms with Gasteiger partial charge in [-0.25, -0.2) is 0 Å². The Bertz CT molecular complexity index is 169. The zero-order valence-electron chi connectivity index (χ0n) is 9.16. The third-order valence-corrected chi connectivity index (χ3v) is 2.60. The van der Waals surface area contributed by atoms with Gasteiger partial charge in [-0.05, 0) is 12.8 Å². The van der Waals surface area contributed by atoms with Crippen LogP contribution in [0.15, 0.2) is 0 Å². The highest BCUT2D eigenvalue weighted by Crippen LogP contribution is 2.12. The number of nitrogens with one attached hydrogen (secondary N) is 1. The molecule has 0 aromatic rings. The van der Waals surface area contributed by atoms with Crippen molar-refractivity contribution in [3.05, 3.63) is 0 Å². The maximum atomic E-state index is 10.5. The van der Waals surface area contributed by atoms with Crippen molar-refractivity contribution < 1.29 is 15.0 Å². The Hall–Kier alpha value is -0.610. The Balaban J connectivity index is 3.82. The molecular weight excluding hydrogens is 182 g/mol. The molecule has 0 fully saturated rings. The lowest BCUT2D eigenvalue weighted by molar-refractivity contribution is -0.139. The Morgan fingerprint density at radius 3 is 2.21 bits per heavy atom. The number of rotatable bonds is 7. The normalized spacial score (nSPS) is 15.5. The van der Waals surface area contributed by atoms with E-state index in [9.17, 15) is 9.90 Å². The Morgan fingerprint density at radius 2 is 1.86 bits per heavy atom. The largest absolute Gasteiger partial charge is 0.480 e. The molecule has 84 valence electrons. The summed E-state index contributed by atoms with van der Waals surface area (Å²) in [6.45, 7) is 5.97. The van der Waals surface area contributed by atoms with Crippen molar-refractivity contribution in [2.45, 2.75) is 45.8 Å². The fourth-order valence-corrected chi connectivity index (χ4v) is 1.38. The average Bonchev–Trinajstić information content (AvgIpc) is 2.15. The average molecular weight is 203 g/mol. The summed E-state index contributed by atoms with van der Waals surface area (Å²) < 4.78 is 0. The molecule has 0 radical (unpaired) electrons. The monoisotopic (exact) mass is 203 g/mol. The number of aliphatic hydroxyl groups excluding tert-OH is 1. The lowest BCUT2D eigenvalue weighted by Gasteiger charge is -2.21. The summed E-state index contributed by atoms with van der Waals surface area (Å²) in [5.74, 6) is -0.634. The molecule has 0 rings (SSSR count). The summed E-state index contributed by atoms with van der Waals surface area (Å²) in [6, 6.07) is -0.598. The topological polar surface area (TPSA) is 69.6 Å². The number of hydrogen-bond donors (Lipinski definition) is 3. The van der Waals surface area contributed by atoms with Gasteiger partial charge in [-0.3, -0.25) is 4.79 Å². The molecule has 0 saturated heterocycles. The van der Waals surface area contributed by atoms with Crippen molar-refractivity contribution in [2.24, 2.45) is 5.92 Å². The van der Waals surface area contributed by atoms with Gasteiger partial charge in [-0.1, -0.05) is 26.7 Å². The van der Waals surface area contributed by atoms with Crippen molar-refractivity contribution in [1.82, 2.24) is 5.32 Å². The van der Waals surface area contributed by atoms with E-state index in [0.29, 0.717) is 6.54 Å². The Kier molecular flexibility index (Phi) is 6.49. The second kappa shape index (κ2) is 6.79. The van der Waals surface area contributed by atoms with Gasteiger partial charge < -0.3 is 15.5 Å². The minimum atomic E-state index is -0.887. The first-order valence-electron chi connectivity index (χ1n) is 5.17. The number of carboxylic acids is 1. The van der Waals surface area contributed by atoms with E-state index < -0.39 is 18.1 Å². The summed E-state index contributed by atoms with van der Waals surface area (Å²) in [7, 11) is 0. The molecule has 14 heavy (non-hydrogen) atoms. The molecule has 3 N–H and O–H groups in total. The maximum absolute atomic E-state index is 10.5. The lowest BCUT2D eigenvalue weighted by atomic mass is 9.96. The smallest absolute Gasteiger partial charge is 0.320 e. The number of aliphatic carboxylic acids is 1. The van der Waals surface area contributed by atoms with Crippen LogP contribution in [-0.4, -0.2) is 34.9 Å². The first-order valence-corrected chi connectivity index (χ1v) is 5.17. The van der Waals surface area contributed by atoms with E-state index in [1.54, 1.807) is 6.92 Å². The first-order chi connectivity index (χ1) is 6.52. The van der Waals surface area contributed by atoms with Crippen molar-refractivity contribution in [2.75, 3.05) is 6.54 Å². The number of hydrogen-bond acceptors (Lipinski definition) is 3. The molecule has 0 spiro atoms. The molecule has 4 nitrogen and oxygen atoms in total. The minimum Gasteiger partial charge on any atom is -0.480 e. The fraction of sp³-hybridized carbons (Fsp3) is 0.900. The molecule has 4 heteroatoms. The molecule has 0 aliphatic rings. The highest BCUT2D eigenvalue weighted by atomic mass is 16.4. The van der Waals surface area contributed by atoms with E-state index in [0.717, 1.165) is 12.8 Å². The molecule has 0 amide bonds. The summed E-state index contributed by atoms with van der Waals surface area (Å²) in [5, 5.41) is 21.1. The van der Waals surface area contributed by atoms with Gasteiger partial charge in [-0.2, -0.15) is 0 Å². The van der Waals surface area contributed by atoms with Crippen LogP contribution in [0.5, 0.6) is 0 Å². The fourth-order valence-electron chi connectivity index (χ4n) is 1.38. The standard InChI is InChI=1S/C10H21NO3/c1-4-8(5-2)9(12)6-11-7(3)10(13)14/h7-9,11-12H,4-6H2,1-3H3,(H,13,14). The molecule has 0 aliphatic carbocycles. The Morgan fingerprint density at radius 1 is 1.36 bits per heavy atom. The van der Waals surface area contributed by atoms with E-state index in [1.807, 2.05) is 13.8 Å². The van der Waals surface area contributed by atoms with Crippen LogP contribution in [0.1, 0.15) is 33.6 Å². The van der Waals surface area contributed by atoms with Crippen molar-refractivity contribution in [3.8, 4) is 0 Å².